The van der Waals surface area contributed by atoms with Gasteiger partial charge in [-0.2, -0.15) is 5.10 Å². The standard InChI is InChI=1S/C3H4N3O2S.Na/c4-9(7,8)3-1-5-6-2-3;/h1-2H,(H2-,4,5,6,7,8);/q-1;+1. The second-order valence-corrected chi connectivity index (χ2v) is 2.92. The van der Waals surface area contributed by atoms with Gasteiger partial charge in [0.05, 0.1) is 11.1 Å². The quantitative estimate of drug-likeness (QED) is 0.459. The summed E-state index contributed by atoms with van der Waals surface area (Å²) < 4.78 is 20.6. The van der Waals surface area contributed by atoms with Gasteiger partial charge >= 0.3 is 29.6 Å². The first-order valence-corrected chi connectivity index (χ1v) is 3.57. The van der Waals surface area contributed by atoms with E-state index in [1.165, 1.54) is 0 Å². The molecule has 0 saturated heterocycles. The predicted molar refractivity (Wildman–Crippen MR) is 30.1 cm³/mol. The second kappa shape index (κ2) is 3.49. The Kier molecular flexibility index (Phi) is 3.54. The molecule has 0 radical (unpaired) electrons. The fraction of sp³-hybridized carbons (Fsp3) is 0. The molecule has 0 aliphatic carbocycles. The monoisotopic (exact) mass is 169 g/mol. The molecule has 0 saturated carbocycles. The van der Waals surface area contributed by atoms with Crippen molar-refractivity contribution < 1.29 is 38.0 Å². The number of sulfonamides is 1. The zero-order valence-corrected chi connectivity index (χ0v) is 8.14. The van der Waals surface area contributed by atoms with Gasteiger partial charge < -0.3 is 5.14 Å². The second-order valence-electron chi connectivity index (χ2n) is 1.44. The first kappa shape index (κ1) is 10.1. The first-order chi connectivity index (χ1) is 4.11. The Morgan fingerprint density at radius 2 is 2.20 bits per heavy atom. The molecule has 50 valence electrons. The summed E-state index contributed by atoms with van der Waals surface area (Å²) in [5.74, 6) is 0. The van der Waals surface area contributed by atoms with Gasteiger partial charge in [0.2, 0.25) is 0 Å². The number of hydrogen-bond acceptors (Lipinski definition) is 3. The Labute approximate surface area is 80.3 Å². The number of rotatable bonds is 1. The molecule has 1 rings (SSSR count). The van der Waals surface area contributed by atoms with E-state index in [4.69, 9.17) is 5.14 Å². The molecule has 1 heterocycles. The number of hydrogen-bond donors (Lipinski definition) is 1. The maximum atomic E-state index is 10.3. The van der Waals surface area contributed by atoms with Crippen molar-refractivity contribution in [2.45, 2.75) is 4.90 Å². The molecule has 2 N–H and O–H groups in total. The summed E-state index contributed by atoms with van der Waals surface area (Å²) >= 11 is 0. The van der Waals surface area contributed by atoms with E-state index in [0.717, 1.165) is 12.4 Å². The average molecular weight is 169 g/mol. The van der Waals surface area contributed by atoms with Crippen molar-refractivity contribution in [3.05, 3.63) is 17.5 Å². The number of aromatic nitrogens is 2. The summed E-state index contributed by atoms with van der Waals surface area (Å²) in [6.45, 7) is 0. The van der Waals surface area contributed by atoms with Crippen molar-refractivity contribution in [2.24, 2.45) is 0 Å². The van der Waals surface area contributed by atoms with E-state index in [0.29, 0.717) is 0 Å². The molecule has 0 aromatic carbocycles. The van der Waals surface area contributed by atoms with Gasteiger partial charge in [-0.15, -0.1) is 0 Å². The average Bonchev–Trinajstić information content (AvgIpc) is 2.08. The number of aromatic amines is 1. The summed E-state index contributed by atoms with van der Waals surface area (Å²) in [4.78, 5) is -0.109. The third-order valence-electron chi connectivity index (χ3n) is 0.783. The molecule has 0 fully saturated rings. The van der Waals surface area contributed by atoms with Crippen LogP contribution >= 0.6 is 0 Å². The molecule has 0 spiro atoms. The topological polar surface area (TPSA) is 86.6 Å². The molecule has 10 heavy (non-hydrogen) atoms. The van der Waals surface area contributed by atoms with Gasteiger partial charge in [-0.05, 0) is 0 Å². The van der Waals surface area contributed by atoms with Gasteiger partial charge in [0, 0.05) is 6.20 Å². The van der Waals surface area contributed by atoms with Gasteiger partial charge in [0.25, 0.3) is 0 Å². The number of nitrogens with one attached hydrogen (secondary N) is 2. The maximum Gasteiger partial charge on any atom is 1.00 e. The molecule has 1 aromatic rings. The van der Waals surface area contributed by atoms with Crippen LogP contribution < -0.4 is 29.6 Å². The molecule has 0 aliphatic rings. The molecule has 0 bridgehead atoms. The van der Waals surface area contributed by atoms with Gasteiger partial charge in [0.15, 0.2) is 0 Å². The zero-order chi connectivity index (χ0) is 6.91. The molecule has 0 atom stereocenters. The van der Waals surface area contributed by atoms with E-state index in [1.54, 1.807) is 0 Å². The molecular formula is C3H4N3NaO2S. The van der Waals surface area contributed by atoms with Crippen LogP contribution in [-0.2, 0) is 10.0 Å². The fourth-order valence-electron chi connectivity index (χ4n) is 0.386. The van der Waals surface area contributed by atoms with E-state index >= 15 is 0 Å². The molecular weight excluding hydrogens is 165 g/mol. The minimum absolute atomic E-state index is 0. The summed E-state index contributed by atoms with van der Waals surface area (Å²) in [6, 6.07) is 0. The smallest absolute Gasteiger partial charge is 0.560 e. The summed E-state index contributed by atoms with van der Waals surface area (Å²) in [6.07, 6.45) is 2.24. The van der Waals surface area contributed by atoms with Crippen molar-refractivity contribution in [3.8, 4) is 0 Å². The Bertz CT molecular complexity index is 279. The molecule has 5 nitrogen and oxygen atoms in total. The summed E-state index contributed by atoms with van der Waals surface area (Å²) in [7, 11) is -3.80. The van der Waals surface area contributed by atoms with E-state index in [2.05, 4.69) is 10.2 Å². The largest absolute Gasteiger partial charge is 1.00 e. The summed E-state index contributed by atoms with van der Waals surface area (Å²) in [5.41, 5.74) is 0. The molecule has 0 unspecified atom stereocenters. The van der Waals surface area contributed by atoms with Crippen LogP contribution in [0.3, 0.4) is 0 Å². The van der Waals surface area contributed by atoms with Crippen molar-refractivity contribution in [1.82, 2.24) is 10.2 Å². The van der Waals surface area contributed by atoms with E-state index in [-0.39, 0.29) is 34.5 Å². The number of nitrogens with zero attached hydrogens (tertiary/aromatic N) is 1. The van der Waals surface area contributed by atoms with Crippen molar-refractivity contribution in [2.75, 3.05) is 0 Å². The normalized spacial score (nSPS) is 10.5. The number of H-pyrrole nitrogens is 1. The van der Waals surface area contributed by atoms with E-state index < -0.39 is 10.0 Å². The molecule has 0 aliphatic heterocycles. The van der Waals surface area contributed by atoms with Gasteiger partial charge in [-0.25, -0.2) is 8.42 Å². The van der Waals surface area contributed by atoms with Crippen molar-refractivity contribution in [3.63, 3.8) is 0 Å². The van der Waals surface area contributed by atoms with Crippen LogP contribution in [0.4, 0.5) is 0 Å². The van der Waals surface area contributed by atoms with Crippen LogP contribution in [0.5, 0.6) is 0 Å². The third-order valence-corrected chi connectivity index (χ3v) is 1.63. The van der Waals surface area contributed by atoms with Crippen LogP contribution in [0, 0.1) is 0 Å². The predicted octanol–water partition coefficient (Wildman–Crippen LogP) is -2.85. The molecule has 7 heteroatoms. The van der Waals surface area contributed by atoms with Crippen LogP contribution in [0.1, 0.15) is 0 Å². The molecule has 1 aromatic heterocycles. The molecule has 0 amide bonds. The minimum Gasteiger partial charge on any atom is -0.560 e. The van der Waals surface area contributed by atoms with Crippen LogP contribution in [0.2, 0.25) is 0 Å². The van der Waals surface area contributed by atoms with Gasteiger partial charge in [-0.1, -0.05) is 0 Å². The van der Waals surface area contributed by atoms with Crippen LogP contribution in [0.25, 0.3) is 5.14 Å². The fourth-order valence-corrected chi connectivity index (χ4v) is 0.785. The zero-order valence-electron chi connectivity index (χ0n) is 5.33. The van der Waals surface area contributed by atoms with Crippen LogP contribution in [-0.4, -0.2) is 18.6 Å². The van der Waals surface area contributed by atoms with Crippen molar-refractivity contribution in [1.29, 1.82) is 0 Å². The maximum absolute atomic E-state index is 10.3. The van der Waals surface area contributed by atoms with Crippen LogP contribution in [0.15, 0.2) is 17.3 Å². The Morgan fingerprint density at radius 1 is 1.60 bits per heavy atom. The first-order valence-electron chi connectivity index (χ1n) is 2.09. The van der Waals surface area contributed by atoms with Gasteiger partial charge in [0.1, 0.15) is 10.0 Å². The van der Waals surface area contributed by atoms with E-state index in [1.807, 2.05) is 0 Å². The Hall–Kier alpha value is 0.120. The third kappa shape index (κ3) is 2.39. The SMILES string of the molecule is [NH-]S(=O)(=O)c1cn[nH]c1.[Na+]. The summed E-state index contributed by atoms with van der Waals surface area (Å²) in [5, 5.41) is 12.2. The van der Waals surface area contributed by atoms with Gasteiger partial charge in [-0.3, -0.25) is 5.10 Å². The Balaban J connectivity index is 0.000000810. The van der Waals surface area contributed by atoms with Crippen molar-refractivity contribution >= 4 is 10.0 Å². The van der Waals surface area contributed by atoms with E-state index in [9.17, 15) is 8.42 Å². The minimum atomic E-state index is -3.80. The Morgan fingerprint density at radius 3 is 2.40 bits per heavy atom.